The van der Waals surface area contributed by atoms with Gasteiger partial charge in [0, 0.05) is 37.2 Å². The maximum absolute atomic E-state index is 12.2. The Morgan fingerprint density at radius 1 is 1.48 bits per heavy atom. The Balaban J connectivity index is 0.00000225. The SMILES string of the molecule is Cl.O=C(NCC1CNCC1O)c1ccc(-n2cncn2)c([N+](=O)[O-])c1. The number of carbonyl (C=O) groups is 1. The van der Waals surface area contributed by atoms with Crippen LogP contribution in [0.25, 0.3) is 5.69 Å². The van der Waals surface area contributed by atoms with E-state index in [2.05, 4.69) is 20.7 Å². The van der Waals surface area contributed by atoms with Crippen LogP contribution < -0.4 is 10.6 Å². The third-order valence-electron chi connectivity index (χ3n) is 3.93. The molecule has 0 bridgehead atoms. The smallest absolute Gasteiger partial charge is 0.295 e. The van der Waals surface area contributed by atoms with Crippen molar-refractivity contribution < 1.29 is 14.8 Å². The molecule has 0 aliphatic carbocycles. The van der Waals surface area contributed by atoms with E-state index in [4.69, 9.17) is 0 Å². The summed E-state index contributed by atoms with van der Waals surface area (Å²) in [5, 5.41) is 30.6. The van der Waals surface area contributed by atoms with E-state index in [-0.39, 0.29) is 35.3 Å². The molecule has 3 rings (SSSR count). The minimum Gasteiger partial charge on any atom is -0.391 e. The van der Waals surface area contributed by atoms with Crippen LogP contribution in [0.2, 0.25) is 0 Å². The van der Waals surface area contributed by atoms with Crippen LogP contribution in [0.5, 0.6) is 0 Å². The average Bonchev–Trinajstić information content (AvgIpc) is 3.23. The summed E-state index contributed by atoms with van der Waals surface area (Å²) in [5.74, 6) is -0.499. The van der Waals surface area contributed by atoms with Crippen molar-refractivity contribution in [2.75, 3.05) is 19.6 Å². The number of nitrogens with zero attached hydrogens (tertiary/aromatic N) is 4. The lowest BCUT2D eigenvalue weighted by Gasteiger charge is -2.14. The summed E-state index contributed by atoms with van der Waals surface area (Å²) in [6.07, 6.45) is 2.11. The molecular formula is C14H17ClN6O4. The van der Waals surface area contributed by atoms with E-state index in [0.29, 0.717) is 19.6 Å². The van der Waals surface area contributed by atoms with Crippen LogP contribution in [-0.2, 0) is 0 Å². The number of hydrogen-bond acceptors (Lipinski definition) is 7. The van der Waals surface area contributed by atoms with Gasteiger partial charge >= 0.3 is 0 Å². The fourth-order valence-electron chi connectivity index (χ4n) is 2.59. The van der Waals surface area contributed by atoms with E-state index >= 15 is 0 Å². The maximum atomic E-state index is 12.2. The second-order valence-electron chi connectivity index (χ2n) is 5.50. The molecule has 1 aliphatic heterocycles. The Bertz CT molecular complexity index is 754. The lowest BCUT2D eigenvalue weighted by molar-refractivity contribution is -0.384. The average molecular weight is 369 g/mol. The highest BCUT2D eigenvalue weighted by molar-refractivity contribution is 5.95. The molecule has 2 aromatic rings. The van der Waals surface area contributed by atoms with Crippen molar-refractivity contribution in [3.63, 3.8) is 0 Å². The molecule has 1 saturated heterocycles. The van der Waals surface area contributed by atoms with E-state index in [1.54, 1.807) is 0 Å². The highest BCUT2D eigenvalue weighted by Gasteiger charge is 2.26. The summed E-state index contributed by atoms with van der Waals surface area (Å²) >= 11 is 0. The molecule has 1 aromatic carbocycles. The number of hydrogen-bond donors (Lipinski definition) is 3. The minimum absolute atomic E-state index is 0. The summed E-state index contributed by atoms with van der Waals surface area (Å²) in [4.78, 5) is 26.7. The van der Waals surface area contributed by atoms with Crippen molar-refractivity contribution in [2.24, 2.45) is 5.92 Å². The molecule has 25 heavy (non-hydrogen) atoms. The quantitative estimate of drug-likeness (QED) is 0.495. The molecule has 1 fully saturated rings. The Hall–Kier alpha value is -2.56. The monoisotopic (exact) mass is 368 g/mol. The number of nitrogens with one attached hydrogen (secondary N) is 2. The number of nitro benzene ring substituents is 1. The molecule has 11 heteroatoms. The van der Waals surface area contributed by atoms with Gasteiger partial charge in [-0.05, 0) is 12.1 Å². The normalized spacial score (nSPS) is 19.2. The highest BCUT2D eigenvalue weighted by atomic mass is 35.5. The Morgan fingerprint density at radius 3 is 2.88 bits per heavy atom. The van der Waals surface area contributed by atoms with Gasteiger partial charge in [-0.25, -0.2) is 9.67 Å². The van der Waals surface area contributed by atoms with Gasteiger partial charge in [-0.15, -0.1) is 12.4 Å². The molecular weight excluding hydrogens is 352 g/mol. The number of carbonyl (C=O) groups excluding carboxylic acids is 1. The van der Waals surface area contributed by atoms with Crippen molar-refractivity contribution in [1.29, 1.82) is 0 Å². The van der Waals surface area contributed by atoms with E-state index in [1.807, 2.05) is 0 Å². The molecule has 0 saturated carbocycles. The Morgan fingerprint density at radius 2 is 2.28 bits per heavy atom. The van der Waals surface area contributed by atoms with Crippen molar-refractivity contribution >= 4 is 24.0 Å². The van der Waals surface area contributed by atoms with Crippen molar-refractivity contribution in [3.05, 3.63) is 46.5 Å². The van der Waals surface area contributed by atoms with E-state index in [0.717, 1.165) is 0 Å². The zero-order valence-electron chi connectivity index (χ0n) is 13.0. The lowest BCUT2D eigenvalue weighted by atomic mass is 10.1. The van der Waals surface area contributed by atoms with Gasteiger partial charge in [0.1, 0.15) is 18.3 Å². The van der Waals surface area contributed by atoms with Crippen molar-refractivity contribution in [2.45, 2.75) is 6.10 Å². The number of nitro groups is 1. The fourth-order valence-corrected chi connectivity index (χ4v) is 2.59. The zero-order valence-corrected chi connectivity index (χ0v) is 13.8. The van der Waals surface area contributed by atoms with Gasteiger partial charge in [-0.3, -0.25) is 14.9 Å². The maximum Gasteiger partial charge on any atom is 0.295 e. The second kappa shape index (κ2) is 8.01. The number of benzene rings is 1. The lowest BCUT2D eigenvalue weighted by Crippen LogP contribution is -2.34. The summed E-state index contributed by atoms with van der Waals surface area (Å²) in [6, 6.07) is 4.14. The van der Waals surface area contributed by atoms with Crippen molar-refractivity contribution in [1.82, 2.24) is 25.4 Å². The first kappa shape index (κ1) is 18.8. The number of aromatic nitrogens is 3. The fraction of sp³-hybridized carbons (Fsp3) is 0.357. The van der Waals surface area contributed by atoms with E-state index in [9.17, 15) is 20.0 Å². The third kappa shape index (κ3) is 4.10. The molecule has 2 unspecified atom stereocenters. The molecule has 134 valence electrons. The first-order valence-electron chi connectivity index (χ1n) is 7.36. The van der Waals surface area contributed by atoms with Gasteiger partial charge in [0.15, 0.2) is 0 Å². The topological polar surface area (TPSA) is 135 Å². The molecule has 1 aromatic heterocycles. The number of aliphatic hydroxyl groups is 1. The largest absolute Gasteiger partial charge is 0.391 e. The van der Waals surface area contributed by atoms with Crippen LogP contribution in [0.15, 0.2) is 30.9 Å². The molecule has 1 amide bonds. The standard InChI is InChI=1S/C14H16N6O4.ClH/c21-13-6-15-4-10(13)5-17-14(22)9-1-2-11(12(3-9)20(23)24)19-8-16-7-18-19;/h1-3,7-8,10,13,15,21H,4-6H2,(H,17,22);1H. The van der Waals surface area contributed by atoms with E-state index < -0.39 is 16.9 Å². The van der Waals surface area contributed by atoms with Gasteiger partial charge in [0.05, 0.1) is 11.0 Å². The molecule has 1 aliphatic rings. The van der Waals surface area contributed by atoms with Crippen LogP contribution in [0, 0.1) is 16.0 Å². The van der Waals surface area contributed by atoms with Gasteiger partial charge < -0.3 is 15.7 Å². The first-order valence-corrected chi connectivity index (χ1v) is 7.36. The molecule has 2 heterocycles. The van der Waals surface area contributed by atoms with Crippen LogP contribution in [-0.4, -0.2) is 56.4 Å². The van der Waals surface area contributed by atoms with Crippen LogP contribution in [0.3, 0.4) is 0 Å². The van der Waals surface area contributed by atoms with Crippen molar-refractivity contribution in [3.8, 4) is 5.69 Å². The predicted octanol–water partition coefficient (Wildman–Crippen LogP) is -0.0926. The molecule has 3 N–H and O–H groups in total. The molecule has 10 nitrogen and oxygen atoms in total. The van der Waals surface area contributed by atoms with Gasteiger partial charge in [0.2, 0.25) is 0 Å². The van der Waals surface area contributed by atoms with Crippen LogP contribution in [0.4, 0.5) is 5.69 Å². The number of β-amino-alcohol motifs (C(OH)–C–C–N with tert-alkyl or cyclic N) is 1. The summed E-state index contributed by atoms with van der Waals surface area (Å²) in [7, 11) is 0. The first-order chi connectivity index (χ1) is 11.6. The second-order valence-corrected chi connectivity index (χ2v) is 5.50. The van der Waals surface area contributed by atoms with Gasteiger partial charge in [-0.2, -0.15) is 5.10 Å². The molecule has 0 radical (unpaired) electrons. The van der Waals surface area contributed by atoms with Crippen LogP contribution >= 0.6 is 12.4 Å². The van der Waals surface area contributed by atoms with E-state index in [1.165, 1.54) is 35.5 Å². The Kier molecular flexibility index (Phi) is 6.02. The number of halogens is 1. The zero-order chi connectivity index (χ0) is 17.1. The number of aliphatic hydroxyl groups excluding tert-OH is 1. The molecule has 2 atom stereocenters. The number of amides is 1. The predicted molar refractivity (Wildman–Crippen MR) is 90.0 cm³/mol. The summed E-state index contributed by atoms with van der Waals surface area (Å²) in [5.41, 5.74) is 0.159. The van der Waals surface area contributed by atoms with Gasteiger partial charge in [0.25, 0.3) is 11.6 Å². The molecule has 0 spiro atoms. The highest BCUT2D eigenvalue weighted by Crippen LogP contribution is 2.23. The number of rotatable bonds is 5. The Labute approximate surface area is 148 Å². The minimum atomic E-state index is -0.571. The summed E-state index contributed by atoms with van der Waals surface area (Å²) in [6.45, 7) is 1.41. The summed E-state index contributed by atoms with van der Waals surface area (Å²) < 4.78 is 1.26. The van der Waals surface area contributed by atoms with Crippen LogP contribution in [0.1, 0.15) is 10.4 Å². The van der Waals surface area contributed by atoms with Gasteiger partial charge in [-0.1, -0.05) is 0 Å². The third-order valence-corrected chi connectivity index (χ3v) is 3.93.